The Labute approximate surface area is 119 Å². The summed E-state index contributed by atoms with van der Waals surface area (Å²) >= 11 is 2.20. The molecule has 18 heavy (non-hydrogen) atoms. The number of nitrogen functional groups attached to an aromatic ring is 1. The quantitative estimate of drug-likeness (QED) is 0.722. The van der Waals surface area contributed by atoms with Gasteiger partial charge in [-0.15, -0.1) is 0 Å². The zero-order valence-corrected chi connectivity index (χ0v) is 11.8. The SMILES string of the molecule is Nc1c(I)cnn1Cc1cccc2ccccc12. The topological polar surface area (TPSA) is 43.8 Å². The number of halogens is 1. The van der Waals surface area contributed by atoms with Gasteiger partial charge in [-0.25, -0.2) is 4.68 Å². The van der Waals surface area contributed by atoms with Gasteiger partial charge in [0.15, 0.2) is 0 Å². The third-order valence-electron chi connectivity index (χ3n) is 3.03. The summed E-state index contributed by atoms with van der Waals surface area (Å²) in [4.78, 5) is 0. The number of benzene rings is 2. The average molecular weight is 349 g/mol. The molecule has 3 aromatic rings. The van der Waals surface area contributed by atoms with Crippen LogP contribution in [0.15, 0.2) is 48.7 Å². The van der Waals surface area contributed by atoms with Crippen molar-refractivity contribution in [3.8, 4) is 0 Å². The predicted octanol–water partition coefficient (Wildman–Crippen LogP) is 3.27. The molecular formula is C14H12IN3. The largest absolute Gasteiger partial charge is 0.383 e. The summed E-state index contributed by atoms with van der Waals surface area (Å²) in [5.74, 6) is 0.725. The summed E-state index contributed by atoms with van der Waals surface area (Å²) in [7, 11) is 0. The third kappa shape index (κ3) is 1.96. The Hall–Kier alpha value is -1.56. The van der Waals surface area contributed by atoms with E-state index in [1.807, 2.05) is 4.68 Å². The van der Waals surface area contributed by atoms with Gasteiger partial charge in [0.2, 0.25) is 0 Å². The molecule has 0 atom stereocenters. The molecule has 3 rings (SSSR count). The standard InChI is InChI=1S/C14H12IN3/c15-13-8-17-18(14(13)16)9-11-6-3-5-10-4-1-2-7-12(10)11/h1-8H,9,16H2. The molecule has 0 fully saturated rings. The fourth-order valence-electron chi connectivity index (χ4n) is 2.09. The molecule has 0 aliphatic heterocycles. The van der Waals surface area contributed by atoms with Gasteiger partial charge in [-0.2, -0.15) is 5.10 Å². The number of aromatic nitrogens is 2. The minimum absolute atomic E-state index is 0.705. The van der Waals surface area contributed by atoms with E-state index in [0.29, 0.717) is 6.54 Å². The van der Waals surface area contributed by atoms with Crippen LogP contribution in [0.25, 0.3) is 10.8 Å². The Morgan fingerprint density at radius 2 is 1.89 bits per heavy atom. The van der Waals surface area contributed by atoms with Crippen molar-refractivity contribution in [1.29, 1.82) is 0 Å². The summed E-state index contributed by atoms with van der Waals surface area (Å²) < 4.78 is 2.83. The highest BCUT2D eigenvalue weighted by atomic mass is 127. The number of hydrogen-bond donors (Lipinski definition) is 1. The van der Waals surface area contributed by atoms with Crippen molar-refractivity contribution in [2.45, 2.75) is 6.54 Å². The van der Waals surface area contributed by atoms with Crippen LogP contribution < -0.4 is 5.73 Å². The molecule has 0 radical (unpaired) electrons. The van der Waals surface area contributed by atoms with E-state index in [9.17, 15) is 0 Å². The number of rotatable bonds is 2. The predicted molar refractivity (Wildman–Crippen MR) is 82.4 cm³/mol. The van der Waals surface area contributed by atoms with Crippen molar-refractivity contribution < 1.29 is 0 Å². The molecule has 1 heterocycles. The Balaban J connectivity index is 2.08. The van der Waals surface area contributed by atoms with Gasteiger partial charge >= 0.3 is 0 Å². The molecule has 1 aromatic heterocycles. The number of nitrogens with zero attached hydrogens (tertiary/aromatic N) is 2. The summed E-state index contributed by atoms with van der Waals surface area (Å²) in [5, 5.41) is 6.80. The van der Waals surface area contributed by atoms with Crippen molar-refractivity contribution in [3.05, 3.63) is 57.8 Å². The van der Waals surface area contributed by atoms with Crippen molar-refractivity contribution in [1.82, 2.24) is 9.78 Å². The van der Waals surface area contributed by atoms with E-state index in [4.69, 9.17) is 5.73 Å². The maximum absolute atomic E-state index is 5.99. The number of fused-ring (bicyclic) bond motifs is 1. The van der Waals surface area contributed by atoms with Crippen LogP contribution in [0, 0.1) is 3.57 Å². The molecule has 0 spiro atoms. The fourth-order valence-corrected chi connectivity index (χ4v) is 2.49. The average Bonchev–Trinajstić information content (AvgIpc) is 2.71. The minimum atomic E-state index is 0.705. The van der Waals surface area contributed by atoms with Gasteiger partial charge in [-0.3, -0.25) is 0 Å². The molecule has 0 saturated heterocycles. The Morgan fingerprint density at radius 1 is 1.11 bits per heavy atom. The summed E-state index contributed by atoms with van der Waals surface area (Å²) in [6.45, 7) is 0.705. The van der Waals surface area contributed by atoms with Gasteiger partial charge in [-0.05, 0) is 38.9 Å². The molecule has 0 aliphatic rings. The lowest BCUT2D eigenvalue weighted by Crippen LogP contribution is -2.06. The molecule has 2 N–H and O–H groups in total. The Kier molecular flexibility index (Phi) is 2.95. The highest BCUT2D eigenvalue weighted by Gasteiger charge is 2.06. The third-order valence-corrected chi connectivity index (χ3v) is 3.86. The van der Waals surface area contributed by atoms with Gasteiger partial charge < -0.3 is 5.73 Å². The first-order chi connectivity index (χ1) is 8.75. The molecule has 3 nitrogen and oxygen atoms in total. The number of hydrogen-bond acceptors (Lipinski definition) is 2. The van der Waals surface area contributed by atoms with Crippen LogP contribution >= 0.6 is 22.6 Å². The van der Waals surface area contributed by atoms with Crippen LogP contribution in [-0.4, -0.2) is 9.78 Å². The maximum Gasteiger partial charge on any atom is 0.135 e. The van der Waals surface area contributed by atoms with Crippen LogP contribution in [0.2, 0.25) is 0 Å². The van der Waals surface area contributed by atoms with Crippen LogP contribution in [0.5, 0.6) is 0 Å². The molecular weight excluding hydrogens is 337 g/mol. The summed E-state index contributed by atoms with van der Waals surface area (Å²) in [6, 6.07) is 14.7. The van der Waals surface area contributed by atoms with Crippen LogP contribution in [0.3, 0.4) is 0 Å². The normalized spacial score (nSPS) is 10.9. The van der Waals surface area contributed by atoms with Gasteiger partial charge in [0.05, 0.1) is 16.3 Å². The van der Waals surface area contributed by atoms with Crippen LogP contribution in [0.1, 0.15) is 5.56 Å². The van der Waals surface area contributed by atoms with E-state index in [2.05, 4.69) is 70.2 Å². The van der Waals surface area contributed by atoms with E-state index in [-0.39, 0.29) is 0 Å². The molecule has 0 unspecified atom stereocenters. The smallest absolute Gasteiger partial charge is 0.135 e. The van der Waals surface area contributed by atoms with Crippen molar-refractivity contribution in [3.63, 3.8) is 0 Å². The molecule has 0 saturated carbocycles. The molecule has 2 aromatic carbocycles. The lowest BCUT2D eigenvalue weighted by molar-refractivity contribution is 0.700. The molecule has 90 valence electrons. The van der Waals surface area contributed by atoms with Crippen molar-refractivity contribution in [2.24, 2.45) is 0 Å². The van der Waals surface area contributed by atoms with Gasteiger partial charge in [0, 0.05) is 0 Å². The number of anilines is 1. The van der Waals surface area contributed by atoms with Crippen LogP contribution in [0.4, 0.5) is 5.82 Å². The second-order valence-electron chi connectivity index (χ2n) is 4.17. The van der Waals surface area contributed by atoms with E-state index >= 15 is 0 Å². The first-order valence-corrected chi connectivity index (χ1v) is 6.77. The van der Waals surface area contributed by atoms with Crippen molar-refractivity contribution >= 4 is 39.2 Å². The monoisotopic (exact) mass is 349 g/mol. The van der Waals surface area contributed by atoms with E-state index in [0.717, 1.165) is 9.39 Å². The Morgan fingerprint density at radius 3 is 2.67 bits per heavy atom. The summed E-state index contributed by atoms with van der Waals surface area (Å²) in [5.41, 5.74) is 7.22. The molecule has 0 amide bonds. The van der Waals surface area contributed by atoms with Gasteiger partial charge in [-0.1, -0.05) is 42.5 Å². The highest BCUT2D eigenvalue weighted by molar-refractivity contribution is 14.1. The summed E-state index contributed by atoms with van der Waals surface area (Å²) in [6.07, 6.45) is 1.79. The minimum Gasteiger partial charge on any atom is -0.383 e. The van der Waals surface area contributed by atoms with Crippen molar-refractivity contribution in [2.75, 3.05) is 5.73 Å². The first kappa shape index (κ1) is 11.5. The molecule has 4 heteroatoms. The first-order valence-electron chi connectivity index (χ1n) is 5.69. The van der Waals surface area contributed by atoms with E-state index < -0.39 is 0 Å². The van der Waals surface area contributed by atoms with Gasteiger partial charge in [0.25, 0.3) is 0 Å². The maximum atomic E-state index is 5.99. The van der Waals surface area contributed by atoms with Gasteiger partial charge in [0.1, 0.15) is 5.82 Å². The van der Waals surface area contributed by atoms with E-state index in [1.54, 1.807) is 6.20 Å². The number of nitrogens with two attached hydrogens (primary N) is 1. The second kappa shape index (κ2) is 4.61. The molecule has 0 bridgehead atoms. The highest BCUT2D eigenvalue weighted by Crippen LogP contribution is 2.21. The lowest BCUT2D eigenvalue weighted by Gasteiger charge is -2.08. The lowest BCUT2D eigenvalue weighted by atomic mass is 10.0. The van der Waals surface area contributed by atoms with E-state index in [1.165, 1.54) is 16.3 Å². The fraction of sp³-hybridized carbons (Fsp3) is 0.0714. The Bertz CT molecular complexity index is 698. The molecule has 0 aliphatic carbocycles. The zero-order valence-electron chi connectivity index (χ0n) is 9.68. The second-order valence-corrected chi connectivity index (χ2v) is 5.34. The van der Waals surface area contributed by atoms with Crippen LogP contribution in [-0.2, 0) is 6.54 Å². The zero-order chi connectivity index (χ0) is 12.5.